The minimum atomic E-state index is -1.17. The Hall–Kier alpha value is -2.97. The van der Waals surface area contributed by atoms with Gasteiger partial charge in [0.05, 0.1) is 46.2 Å². The van der Waals surface area contributed by atoms with Crippen LogP contribution in [-0.4, -0.2) is 41.5 Å². The van der Waals surface area contributed by atoms with Crippen LogP contribution in [0.3, 0.4) is 0 Å². The highest BCUT2D eigenvalue weighted by molar-refractivity contribution is 7.85. The Labute approximate surface area is 191 Å². The van der Waals surface area contributed by atoms with Crippen LogP contribution in [0.25, 0.3) is 0 Å². The van der Waals surface area contributed by atoms with Gasteiger partial charge in [-0.15, -0.1) is 0 Å². The number of para-hydroxylation sites is 1. The van der Waals surface area contributed by atoms with Crippen molar-refractivity contribution < 1.29 is 13.7 Å². The first kappa shape index (κ1) is 22.2. The van der Waals surface area contributed by atoms with Crippen molar-refractivity contribution in [2.75, 3.05) is 32.2 Å². The van der Waals surface area contributed by atoms with Crippen molar-refractivity contribution in [1.29, 1.82) is 0 Å². The molecule has 0 aliphatic carbocycles. The predicted octanol–water partition coefficient (Wildman–Crippen LogP) is 3.91. The van der Waals surface area contributed by atoms with Crippen LogP contribution >= 0.6 is 0 Å². The van der Waals surface area contributed by atoms with Crippen molar-refractivity contribution in [2.24, 2.45) is 0 Å². The van der Waals surface area contributed by atoms with E-state index in [4.69, 9.17) is 9.47 Å². The second-order valence-corrected chi connectivity index (χ2v) is 9.08. The molecule has 0 fully saturated rings. The number of nitrogens with zero attached hydrogens (tertiary/aromatic N) is 3. The van der Waals surface area contributed by atoms with Crippen LogP contribution in [0.2, 0.25) is 0 Å². The molecule has 0 bridgehead atoms. The van der Waals surface area contributed by atoms with Crippen molar-refractivity contribution in [3.8, 4) is 11.9 Å². The number of methoxy groups -OCH3 is 2. The van der Waals surface area contributed by atoms with Crippen LogP contribution < -0.4 is 19.7 Å². The number of nitrogens with one attached hydrogen (secondary N) is 1. The first-order valence-corrected chi connectivity index (χ1v) is 11.7. The molecule has 7 nitrogen and oxygen atoms in total. The molecule has 1 aliphatic rings. The number of anilines is 2. The van der Waals surface area contributed by atoms with E-state index in [2.05, 4.69) is 46.2 Å². The molecular formula is C24H28N4O3S. The monoisotopic (exact) mass is 452 g/mol. The minimum absolute atomic E-state index is 0.288. The second kappa shape index (κ2) is 9.67. The SMILES string of the molecule is COc1ncc(CNCCCN2c3ccccc3S(=O)c3ccc(C)c(C)c32)c(OC)n1. The second-order valence-electron chi connectivity index (χ2n) is 7.66. The lowest BCUT2D eigenvalue weighted by molar-refractivity contribution is 0.347. The molecule has 8 heteroatoms. The van der Waals surface area contributed by atoms with E-state index in [0.29, 0.717) is 12.4 Å². The molecule has 1 aromatic heterocycles. The predicted molar refractivity (Wildman–Crippen MR) is 125 cm³/mol. The highest BCUT2D eigenvalue weighted by Crippen LogP contribution is 2.44. The van der Waals surface area contributed by atoms with Gasteiger partial charge < -0.3 is 19.7 Å². The van der Waals surface area contributed by atoms with Crippen molar-refractivity contribution in [2.45, 2.75) is 36.6 Å². The Kier molecular flexibility index (Phi) is 6.72. The summed E-state index contributed by atoms with van der Waals surface area (Å²) in [6.07, 6.45) is 2.63. The summed E-state index contributed by atoms with van der Waals surface area (Å²) in [6.45, 7) is 6.43. The van der Waals surface area contributed by atoms with Gasteiger partial charge in [-0.2, -0.15) is 4.98 Å². The van der Waals surface area contributed by atoms with Crippen LogP contribution in [0, 0.1) is 13.8 Å². The van der Waals surface area contributed by atoms with Crippen LogP contribution in [0.5, 0.6) is 11.9 Å². The summed E-state index contributed by atoms with van der Waals surface area (Å²) >= 11 is 0. The van der Waals surface area contributed by atoms with Gasteiger partial charge in [-0.05, 0) is 56.1 Å². The third-order valence-electron chi connectivity index (χ3n) is 5.72. The van der Waals surface area contributed by atoms with E-state index in [1.54, 1.807) is 13.3 Å². The first-order valence-electron chi connectivity index (χ1n) is 10.6. The zero-order valence-electron chi connectivity index (χ0n) is 18.8. The normalized spacial score (nSPS) is 14.6. The molecule has 1 atom stereocenters. The maximum Gasteiger partial charge on any atom is 0.319 e. The summed E-state index contributed by atoms with van der Waals surface area (Å²) in [7, 11) is 1.95. The van der Waals surface area contributed by atoms with Gasteiger partial charge in [0.2, 0.25) is 5.88 Å². The Bertz CT molecular complexity index is 1150. The first-order chi connectivity index (χ1) is 15.5. The molecule has 32 heavy (non-hydrogen) atoms. The molecule has 168 valence electrons. The van der Waals surface area contributed by atoms with Gasteiger partial charge in [-0.25, -0.2) is 9.19 Å². The maximum atomic E-state index is 13.2. The lowest BCUT2D eigenvalue weighted by Gasteiger charge is -2.34. The average Bonchev–Trinajstić information content (AvgIpc) is 2.82. The molecule has 0 radical (unpaired) electrons. The molecule has 1 N–H and O–H groups in total. The van der Waals surface area contributed by atoms with E-state index < -0.39 is 10.8 Å². The number of benzene rings is 2. The van der Waals surface area contributed by atoms with Gasteiger partial charge in [0, 0.05) is 24.8 Å². The topological polar surface area (TPSA) is 76.6 Å². The van der Waals surface area contributed by atoms with Gasteiger partial charge in [0.25, 0.3) is 0 Å². The molecule has 2 heterocycles. The van der Waals surface area contributed by atoms with Gasteiger partial charge in [-0.3, -0.25) is 0 Å². The summed E-state index contributed by atoms with van der Waals surface area (Å²) in [5.41, 5.74) is 5.36. The van der Waals surface area contributed by atoms with Gasteiger partial charge in [-0.1, -0.05) is 18.2 Å². The number of fused-ring (bicyclic) bond motifs is 2. The van der Waals surface area contributed by atoms with Crippen LogP contribution in [0.1, 0.15) is 23.1 Å². The number of aromatic nitrogens is 2. The molecule has 0 saturated carbocycles. The molecule has 1 unspecified atom stereocenters. The average molecular weight is 453 g/mol. The summed E-state index contributed by atoms with van der Waals surface area (Å²) in [6, 6.07) is 12.3. The highest BCUT2D eigenvalue weighted by atomic mass is 32.2. The van der Waals surface area contributed by atoms with Crippen LogP contribution in [0.15, 0.2) is 52.4 Å². The smallest absolute Gasteiger partial charge is 0.319 e. The van der Waals surface area contributed by atoms with Crippen molar-refractivity contribution >= 4 is 22.2 Å². The van der Waals surface area contributed by atoms with E-state index in [1.165, 1.54) is 18.2 Å². The number of rotatable bonds is 8. The van der Waals surface area contributed by atoms with E-state index >= 15 is 0 Å². The third kappa shape index (κ3) is 4.20. The number of hydrogen-bond acceptors (Lipinski definition) is 7. The van der Waals surface area contributed by atoms with E-state index in [-0.39, 0.29) is 6.01 Å². The molecular weight excluding hydrogens is 424 g/mol. The largest absolute Gasteiger partial charge is 0.481 e. The standard InChI is InChI=1S/C24H28N4O3S/c1-16-10-11-21-22(17(16)2)28(19-8-5-6-9-20(19)32(21)29)13-7-12-25-14-18-15-26-24(31-4)27-23(18)30-3/h5-6,8-11,15,25H,7,12-14H2,1-4H3. The number of ether oxygens (including phenoxy) is 2. The zero-order valence-corrected chi connectivity index (χ0v) is 19.7. The van der Waals surface area contributed by atoms with Crippen molar-refractivity contribution in [3.63, 3.8) is 0 Å². The molecule has 4 rings (SSSR count). The highest BCUT2D eigenvalue weighted by Gasteiger charge is 2.29. The summed E-state index contributed by atoms with van der Waals surface area (Å²) < 4.78 is 23.6. The van der Waals surface area contributed by atoms with Crippen LogP contribution in [0.4, 0.5) is 11.4 Å². The van der Waals surface area contributed by atoms with E-state index in [0.717, 1.165) is 46.2 Å². The lowest BCUT2D eigenvalue weighted by Crippen LogP contribution is -2.28. The maximum absolute atomic E-state index is 13.2. The van der Waals surface area contributed by atoms with Gasteiger partial charge in [0.1, 0.15) is 0 Å². The van der Waals surface area contributed by atoms with Gasteiger partial charge in [0.15, 0.2) is 0 Å². The molecule has 0 saturated heterocycles. The van der Waals surface area contributed by atoms with Crippen molar-refractivity contribution in [3.05, 3.63) is 59.3 Å². The summed E-state index contributed by atoms with van der Waals surface area (Å²) in [4.78, 5) is 12.5. The third-order valence-corrected chi connectivity index (χ3v) is 7.19. The molecule has 3 aromatic rings. The van der Waals surface area contributed by atoms with Crippen molar-refractivity contribution in [1.82, 2.24) is 15.3 Å². The van der Waals surface area contributed by atoms with E-state index in [9.17, 15) is 4.21 Å². The number of aryl methyl sites for hydroxylation is 1. The molecule has 0 spiro atoms. The quantitative estimate of drug-likeness (QED) is 0.519. The fourth-order valence-electron chi connectivity index (χ4n) is 3.93. The molecule has 0 amide bonds. The lowest BCUT2D eigenvalue weighted by atomic mass is 10.1. The fourth-order valence-corrected chi connectivity index (χ4v) is 5.36. The Morgan fingerprint density at radius 3 is 2.66 bits per heavy atom. The summed E-state index contributed by atoms with van der Waals surface area (Å²) in [5.74, 6) is 0.511. The van der Waals surface area contributed by atoms with Crippen LogP contribution in [-0.2, 0) is 17.3 Å². The molecule has 2 aromatic carbocycles. The Morgan fingerprint density at radius 2 is 1.88 bits per heavy atom. The minimum Gasteiger partial charge on any atom is -0.481 e. The fraction of sp³-hybridized carbons (Fsp3) is 0.333. The summed E-state index contributed by atoms with van der Waals surface area (Å²) in [5, 5.41) is 3.45. The number of hydrogen-bond donors (Lipinski definition) is 1. The van der Waals surface area contributed by atoms with Gasteiger partial charge >= 0.3 is 6.01 Å². The zero-order chi connectivity index (χ0) is 22.7. The Balaban J connectivity index is 1.47. The molecule has 1 aliphatic heterocycles. The Morgan fingerprint density at radius 1 is 1.06 bits per heavy atom. The van der Waals surface area contributed by atoms with E-state index in [1.807, 2.05) is 24.3 Å².